The average molecular weight is 281 g/mol. The van der Waals surface area contributed by atoms with Crippen LogP contribution in [0.1, 0.15) is 25.3 Å². The van der Waals surface area contributed by atoms with E-state index >= 15 is 0 Å². The number of hydrogen-bond donors (Lipinski definition) is 0. The molecule has 0 bridgehead atoms. The number of rotatable bonds is 3. The second-order valence-corrected chi connectivity index (χ2v) is 4.03. The normalized spacial score (nSPS) is 9.12. The maximum atomic E-state index is 11.0. The fourth-order valence-corrected chi connectivity index (χ4v) is 1.36. The maximum Gasteiger partial charge on any atom is 0.306 e. The van der Waals surface area contributed by atoms with Crippen LogP contribution in [0.25, 0.3) is 0 Å². The molecule has 84 valence electrons. The van der Waals surface area contributed by atoms with Gasteiger partial charge in [0.2, 0.25) is 0 Å². The third-order valence-corrected chi connectivity index (χ3v) is 2.37. The minimum absolute atomic E-state index is 0.187. The SMILES string of the molecule is CCOC(=O)CCC#Cc1ccc(Br)cc1. The van der Waals surface area contributed by atoms with Crippen LogP contribution in [0.3, 0.4) is 0 Å². The molecule has 1 rings (SSSR count). The predicted octanol–water partition coefficient (Wildman–Crippen LogP) is 3.14. The molecule has 0 heterocycles. The molecule has 0 aliphatic carbocycles. The third kappa shape index (κ3) is 4.99. The predicted molar refractivity (Wildman–Crippen MR) is 66.9 cm³/mol. The first-order valence-corrected chi connectivity index (χ1v) is 5.91. The summed E-state index contributed by atoms with van der Waals surface area (Å²) in [6.07, 6.45) is 0.895. The van der Waals surface area contributed by atoms with Gasteiger partial charge in [-0.2, -0.15) is 0 Å². The monoisotopic (exact) mass is 280 g/mol. The Balaban J connectivity index is 2.38. The molecule has 0 amide bonds. The van der Waals surface area contributed by atoms with E-state index in [0.717, 1.165) is 10.0 Å². The fraction of sp³-hybridized carbons (Fsp3) is 0.308. The lowest BCUT2D eigenvalue weighted by atomic mass is 10.2. The Labute approximate surface area is 104 Å². The summed E-state index contributed by atoms with van der Waals surface area (Å²) in [6, 6.07) is 7.74. The molecule has 3 heteroatoms. The maximum absolute atomic E-state index is 11.0. The molecule has 0 spiro atoms. The van der Waals surface area contributed by atoms with Gasteiger partial charge in [-0.3, -0.25) is 4.79 Å². The van der Waals surface area contributed by atoms with Crippen LogP contribution in [-0.2, 0) is 9.53 Å². The van der Waals surface area contributed by atoms with E-state index < -0.39 is 0 Å². The van der Waals surface area contributed by atoms with Crippen molar-refractivity contribution in [2.45, 2.75) is 19.8 Å². The summed E-state index contributed by atoms with van der Waals surface area (Å²) in [5.41, 5.74) is 0.951. The van der Waals surface area contributed by atoms with Crippen molar-refractivity contribution < 1.29 is 9.53 Å². The molecule has 1 aromatic carbocycles. The first-order valence-electron chi connectivity index (χ1n) is 5.12. The molecular formula is C13H13BrO2. The molecule has 16 heavy (non-hydrogen) atoms. The van der Waals surface area contributed by atoms with Crippen LogP contribution < -0.4 is 0 Å². The molecule has 0 aliphatic rings. The van der Waals surface area contributed by atoms with E-state index in [2.05, 4.69) is 27.8 Å². The molecule has 0 radical (unpaired) electrons. The smallest absolute Gasteiger partial charge is 0.306 e. The number of benzene rings is 1. The van der Waals surface area contributed by atoms with Gasteiger partial charge in [-0.25, -0.2) is 0 Å². The van der Waals surface area contributed by atoms with Gasteiger partial charge in [0.15, 0.2) is 0 Å². The van der Waals surface area contributed by atoms with E-state index in [9.17, 15) is 4.79 Å². The summed E-state index contributed by atoms with van der Waals surface area (Å²) >= 11 is 3.35. The lowest BCUT2D eigenvalue weighted by Gasteiger charge is -1.96. The van der Waals surface area contributed by atoms with Crippen molar-refractivity contribution in [3.63, 3.8) is 0 Å². The highest BCUT2D eigenvalue weighted by Gasteiger charge is 1.97. The zero-order valence-electron chi connectivity index (χ0n) is 9.13. The van der Waals surface area contributed by atoms with Crippen molar-refractivity contribution in [3.05, 3.63) is 34.3 Å². The van der Waals surface area contributed by atoms with Crippen molar-refractivity contribution in [2.24, 2.45) is 0 Å². The Kier molecular flexibility index (Phi) is 5.66. The molecule has 0 aromatic heterocycles. The minimum atomic E-state index is -0.187. The van der Waals surface area contributed by atoms with Crippen molar-refractivity contribution in [1.82, 2.24) is 0 Å². The first-order chi connectivity index (χ1) is 7.72. The summed E-state index contributed by atoms with van der Waals surface area (Å²) in [7, 11) is 0. The Bertz CT molecular complexity index is 398. The third-order valence-electron chi connectivity index (χ3n) is 1.84. The van der Waals surface area contributed by atoms with E-state index in [-0.39, 0.29) is 5.97 Å². The van der Waals surface area contributed by atoms with Crippen LogP contribution >= 0.6 is 15.9 Å². The molecule has 1 aromatic rings. The van der Waals surface area contributed by atoms with Gasteiger partial charge in [-0.1, -0.05) is 27.8 Å². The van der Waals surface area contributed by atoms with Crippen LogP contribution in [0.5, 0.6) is 0 Å². The fourth-order valence-electron chi connectivity index (χ4n) is 1.10. The Hall–Kier alpha value is -1.27. The number of carbonyl (C=O) groups is 1. The molecule has 0 unspecified atom stereocenters. The topological polar surface area (TPSA) is 26.3 Å². The molecule has 2 nitrogen and oxygen atoms in total. The highest BCUT2D eigenvalue weighted by atomic mass is 79.9. The van der Waals surface area contributed by atoms with Gasteiger partial charge in [0.1, 0.15) is 0 Å². The lowest BCUT2D eigenvalue weighted by molar-refractivity contribution is -0.142. The van der Waals surface area contributed by atoms with Gasteiger partial charge >= 0.3 is 5.97 Å². The second kappa shape index (κ2) is 7.08. The van der Waals surface area contributed by atoms with Crippen LogP contribution in [0.15, 0.2) is 28.7 Å². The molecule has 0 saturated carbocycles. The van der Waals surface area contributed by atoms with E-state index in [1.165, 1.54) is 0 Å². The van der Waals surface area contributed by atoms with Crippen LogP contribution in [-0.4, -0.2) is 12.6 Å². The van der Waals surface area contributed by atoms with E-state index in [4.69, 9.17) is 4.74 Å². The first kappa shape index (κ1) is 12.8. The molecule has 0 fully saturated rings. The average Bonchev–Trinajstić information content (AvgIpc) is 2.27. The summed E-state index contributed by atoms with van der Waals surface area (Å²) in [5, 5.41) is 0. The van der Waals surface area contributed by atoms with Crippen molar-refractivity contribution in [2.75, 3.05) is 6.61 Å². The zero-order chi connectivity index (χ0) is 11.8. The standard InChI is InChI=1S/C13H13BrO2/c1-2-16-13(15)6-4-3-5-11-7-9-12(14)10-8-11/h7-10H,2,4,6H2,1H3. The highest BCUT2D eigenvalue weighted by Crippen LogP contribution is 2.09. The van der Waals surface area contributed by atoms with Gasteiger partial charge < -0.3 is 4.74 Å². The molecule has 0 saturated heterocycles. The Morgan fingerprint density at radius 1 is 1.38 bits per heavy atom. The van der Waals surface area contributed by atoms with Gasteiger partial charge in [-0.15, -0.1) is 0 Å². The number of esters is 1. The van der Waals surface area contributed by atoms with E-state index in [0.29, 0.717) is 19.4 Å². The number of hydrogen-bond acceptors (Lipinski definition) is 2. The summed E-state index contributed by atoms with van der Waals surface area (Å²) in [4.78, 5) is 11.0. The number of halogens is 1. The quantitative estimate of drug-likeness (QED) is 0.628. The Morgan fingerprint density at radius 3 is 2.69 bits per heavy atom. The molecule has 0 atom stereocenters. The van der Waals surface area contributed by atoms with Crippen molar-refractivity contribution >= 4 is 21.9 Å². The van der Waals surface area contributed by atoms with Gasteiger partial charge in [-0.05, 0) is 31.2 Å². The number of carbonyl (C=O) groups excluding carboxylic acids is 1. The van der Waals surface area contributed by atoms with E-state index in [1.54, 1.807) is 6.92 Å². The van der Waals surface area contributed by atoms with Crippen molar-refractivity contribution in [3.8, 4) is 11.8 Å². The molecule has 0 N–H and O–H groups in total. The number of ether oxygens (including phenoxy) is 1. The van der Waals surface area contributed by atoms with Crippen LogP contribution in [0.4, 0.5) is 0 Å². The second-order valence-electron chi connectivity index (χ2n) is 3.11. The van der Waals surface area contributed by atoms with Gasteiger partial charge in [0.25, 0.3) is 0 Å². The highest BCUT2D eigenvalue weighted by molar-refractivity contribution is 9.10. The molecule has 0 aliphatic heterocycles. The van der Waals surface area contributed by atoms with Crippen LogP contribution in [0.2, 0.25) is 0 Å². The zero-order valence-corrected chi connectivity index (χ0v) is 10.7. The van der Waals surface area contributed by atoms with Gasteiger partial charge in [0.05, 0.1) is 13.0 Å². The van der Waals surface area contributed by atoms with E-state index in [1.807, 2.05) is 24.3 Å². The molecular weight excluding hydrogens is 268 g/mol. The van der Waals surface area contributed by atoms with Gasteiger partial charge in [0, 0.05) is 16.5 Å². The summed E-state index contributed by atoms with van der Waals surface area (Å²) in [6.45, 7) is 2.23. The summed E-state index contributed by atoms with van der Waals surface area (Å²) in [5.74, 6) is 5.75. The largest absolute Gasteiger partial charge is 0.466 e. The van der Waals surface area contributed by atoms with Crippen LogP contribution in [0, 0.1) is 11.8 Å². The van der Waals surface area contributed by atoms with Crippen molar-refractivity contribution in [1.29, 1.82) is 0 Å². The lowest BCUT2D eigenvalue weighted by Crippen LogP contribution is -2.02. The Morgan fingerprint density at radius 2 is 2.06 bits per heavy atom. The minimum Gasteiger partial charge on any atom is -0.466 e. The summed E-state index contributed by atoms with van der Waals surface area (Å²) < 4.78 is 5.83.